The number of ether oxygens (including phenoxy) is 2. The van der Waals surface area contributed by atoms with Gasteiger partial charge in [-0.15, -0.1) is 0 Å². The van der Waals surface area contributed by atoms with Crippen LogP contribution in [0.25, 0.3) is 0 Å². The summed E-state index contributed by atoms with van der Waals surface area (Å²) in [6, 6.07) is 0. The fraction of sp³-hybridized carbons (Fsp3) is 1.00. The van der Waals surface area contributed by atoms with Crippen molar-refractivity contribution in [2.75, 3.05) is 33.0 Å². The van der Waals surface area contributed by atoms with Crippen LogP contribution in [0.4, 0.5) is 0 Å². The summed E-state index contributed by atoms with van der Waals surface area (Å²) >= 11 is 0. The van der Waals surface area contributed by atoms with Gasteiger partial charge in [-0.25, -0.2) is 0 Å². The number of rotatable bonds is 10. The summed E-state index contributed by atoms with van der Waals surface area (Å²) in [5.41, 5.74) is 2.63. The van der Waals surface area contributed by atoms with E-state index in [1.54, 1.807) is 0 Å². The molecule has 0 amide bonds. The van der Waals surface area contributed by atoms with Crippen LogP contribution in [-0.4, -0.2) is 50.3 Å². The molecule has 0 radical (unpaired) electrons. The third-order valence-corrected chi connectivity index (χ3v) is 1.55. The first-order valence-electron chi connectivity index (χ1n) is 5.38. The van der Waals surface area contributed by atoms with Gasteiger partial charge in [-0.05, 0) is 20.8 Å². The van der Waals surface area contributed by atoms with Crippen molar-refractivity contribution in [2.24, 2.45) is 0 Å². The van der Waals surface area contributed by atoms with Gasteiger partial charge in [0.1, 0.15) is 0 Å². The Morgan fingerprint density at radius 1 is 1.27 bits per heavy atom. The van der Waals surface area contributed by atoms with E-state index in [9.17, 15) is 5.11 Å². The molecule has 0 saturated heterocycles. The summed E-state index contributed by atoms with van der Waals surface area (Å²) in [7, 11) is 0. The molecule has 0 aromatic carbocycles. The minimum atomic E-state index is -0.546. The molecule has 5 nitrogen and oxygen atoms in total. The van der Waals surface area contributed by atoms with Crippen LogP contribution in [0.15, 0.2) is 0 Å². The molecule has 92 valence electrons. The van der Waals surface area contributed by atoms with Crippen LogP contribution in [-0.2, 0) is 14.3 Å². The molecule has 0 spiro atoms. The maximum Gasteiger partial charge on any atom is 0.0920 e. The maximum atomic E-state index is 9.38. The second kappa shape index (κ2) is 10.3. The topological polar surface area (TPSA) is 60.0 Å². The Morgan fingerprint density at radius 3 is 2.60 bits per heavy atom. The van der Waals surface area contributed by atoms with Gasteiger partial charge >= 0.3 is 0 Å². The first-order valence-corrected chi connectivity index (χ1v) is 5.38. The Bertz CT molecular complexity index is 133. The van der Waals surface area contributed by atoms with E-state index in [1.807, 2.05) is 20.8 Å². The zero-order valence-corrected chi connectivity index (χ0v) is 9.86. The lowest BCUT2D eigenvalue weighted by Crippen LogP contribution is -2.31. The molecule has 0 bridgehead atoms. The first-order chi connectivity index (χ1) is 7.16. The lowest BCUT2D eigenvalue weighted by atomic mass is 10.4. The lowest BCUT2D eigenvalue weighted by molar-refractivity contribution is -0.0296. The molecule has 1 unspecified atom stereocenters. The first kappa shape index (κ1) is 14.8. The summed E-state index contributed by atoms with van der Waals surface area (Å²) < 4.78 is 10.5. The van der Waals surface area contributed by atoms with Crippen molar-refractivity contribution in [1.29, 1.82) is 0 Å². The van der Waals surface area contributed by atoms with Crippen LogP contribution in [0, 0.1) is 0 Å². The van der Waals surface area contributed by atoms with Crippen LogP contribution < -0.4 is 5.48 Å². The van der Waals surface area contributed by atoms with Crippen LogP contribution in [0.3, 0.4) is 0 Å². The Morgan fingerprint density at radius 2 is 2.00 bits per heavy atom. The van der Waals surface area contributed by atoms with E-state index in [0.717, 1.165) is 0 Å². The summed E-state index contributed by atoms with van der Waals surface area (Å²) in [6.45, 7) is 8.13. The molecule has 0 rings (SSSR count). The number of aliphatic hydroxyl groups is 1. The Labute approximate surface area is 91.7 Å². The van der Waals surface area contributed by atoms with E-state index >= 15 is 0 Å². The van der Waals surface area contributed by atoms with Gasteiger partial charge in [0.05, 0.1) is 38.6 Å². The minimum Gasteiger partial charge on any atom is -0.389 e. The molecule has 15 heavy (non-hydrogen) atoms. The molecule has 0 aromatic heterocycles. The molecule has 2 N–H and O–H groups in total. The van der Waals surface area contributed by atoms with Gasteiger partial charge in [0, 0.05) is 6.54 Å². The molecule has 0 fully saturated rings. The maximum absolute atomic E-state index is 9.38. The Kier molecular flexibility index (Phi) is 10.2. The summed E-state index contributed by atoms with van der Waals surface area (Å²) in [5.74, 6) is 0. The van der Waals surface area contributed by atoms with E-state index in [4.69, 9.17) is 14.3 Å². The number of aliphatic hydroxyl groups excluding tert-OH is 1. The van der Waals surface area contributed by atoms with Crippen molar-refractivity contribution in [3.63, 3.8) is 0 Å². The predicted molar refractivity (Wildman–Crippen MR) is 57.5 cm³/mol. The monoisotopic (exact) mass is 221 g/mol. The minimum absolute atomic E-state index is 0.221. The number of hydroxylamine groups is 1. The standard InChI is InChI=1S/C10H23NO4/c1-4-15-11-7-10(12)8-13-5-6-14-9(2)3/h9-12H,4-8H2,1-3H3. The molecular weight excluding hydrogens is 198 g/mol. The van der Waals surface area contributed by atoms with Gasteiger partial charge < -0.3 is 19.4 Å². The van der Waals surface area contributed by atoms with E-state index < -0.39 is 6.10 Å². The SMILES string of the molecule is CCONCC(O)COCCOC(C)C. The highest BCUT2D eigenvalue weighted by molar-refractivity contribution is 4.53. The highest BCUT2D eigenvalue weighted by atomic mass is 16.6. The van der Waals surface area contributed by atoms with Crippen LogP contribution in [0.5, 0.6) is 0 Å². The molecule has 5 heteroatoms. The molecule has 0 aromatic rings. The molecular formula is C10H23NO4. The summed E-state index contributed by atoms with van der Waals surface area (Å²) in [5, 5.41) is 9.38. The molecule has 0 aliphatic heterocycles. The highest BCUT2D eigenvalue weighted by Gasteiger charge is 2.03. The van der Waals surface area contributed by atoms with Gasteiger partial charge in [0.2, 0.25) is 0 Å². The van der Waals surface area contributed by atoms with Crippen molar-refractivity contribution in [2.45, 2.75) is 33.0 Å². The van der Waals surface area contributed by atoms with Crippen molar-refractivity contribution < 1.29 is 19.4 Å². The summed E-state index contributed by atoms with van der Waals surface area (Å²) in [6.07, 6.45) is -0.325. The van der Waals surface area contributed by atoms with Crippen LogP contribution >= 0.6 is 0 Å². The lowest BCUT2D eigenvalue weighted by Gasteiger charge is -2.12. The Balaban J connectivity index is 3.13. The van der Waals surface area contributed by atoms with Gasteiger partial charge in [0.15, 0.2) is 0 Å². The molecule has 0 heterocycles. The van der Waals surface area contributed by atoms with Gasteiger partial charge in [-0.1, -0.05) is 0 Å². The smallest absolute Gasteiger partial charge is 0.0920 e. The quantitative estimate of drug-likeness (QED) is 0.411. The number of hydrogen-bond donors (Lipinski definition) is 2. The van der Waals surface area contributed by atoms with Crippen LogP contribution in [0.1, 0.15) is 20.8 Å². The highest BCUT2D eigenvalue weighted by Crippen LogP contribution is 1.89. The van der Waals surface area contributed by atoms with E-state index in [1.165, 1.54) is 0 Å². The van der Waals surface area contributed by atoms with Crippen molar-refractivity contribution in [1.82, 2.24) is 5.48 Å². The average molecular weight is 221 g/mol. The van der Waals surface area contributed by atoms with Crippen LogP contribution in [0.2, 0.25) is 0 Å². The number of hydrogen-bond acceptors (Lipinski definition) is 5. The Hall–Kier alpha value is -0.200. The fourth-order valence-electron chi connectivity index (χ4n) is 0.878. The fourth-order valence-corrected chi connectivity index (χ4v) is 0.878. The van der Waals surface area contributed by atoms with E-state index in [-0.39, 0.29) is 6.10 Å². The van der Waals surface area contributed by atoms with E-state index in [2.05, 4.69) is 5.48 Å². The molecule has 0 aliphatic carbocycles. The van der Waals surface area contributed by atoms with Gasteiger partial charge in [-0.2, -0.15) is 5.48 Å². The third kappa shape index (κ3) is 11.7. The molecule has 1 atom stereocenters. The largest absolute Gasteiger partial charge is 0.389 e. The molecule has 0 aliphatic rings. The summed E-state index contributed by atoms with van der Waals surface area (Å²) in [4.78, 5) is 4.87. The van der Waals surface area contributed by atoms with Gasteiger partial charge in [-0.3, -0.25) is 0 Å². The zero-order valence-electron chi connectivity index (χ0n) is 9.86. The number of nitrogens with one attached hydrogen (secondary N) is 1. The van der Waals surface area contributed by atoms with Crippen molar-refractivity contribution in [3.05, 3.63) is 0 Å². The van der Waals surface area contributed by atoms with E-state index in [0.29, 0.717) is 33.0 Å². The molecule has 0 saturated carbocycles. The zero-order chi connectivity index (χ0) is 11.5. The predicted octanol–water partition coefficient (Wildman–Crippen LogP) is 0.330. The normalized spacial score (nSPS) is 13.4. The third-order valence-electron chi connectivity index (χ3n) is 1.55. The van der Waals surface area contributed by atoms with Crippen molar-refractivity contribution in [3.8, 4) is 0 Å². The van der Waals surface area contributed by atoms with Crippen molar-refractivity contribution >= 4 is 0 Å². The van der Waals surface area contributed by atoms with Gasteiger partial charge in [0.25, 0.3) is 0 Å². The average Bonchev–Trinajstić information content (AvgIpc) is 2.17. The second-order valence-corrected chi connectivity index (χ2v) is 3.43. The second-order valence-electron chi connectivity index (χ2n) is 3.43.